The minimum atomic E-state index is -0.0550. The third-order valence-corrected chi connectivity index (χ3v) is 3.29. The maximum atomic E-state index is 5.89. The average molecular weight is 301 g/mol. The van der Waals surface area contributed by atoms with Crippen LogP contribution < -0.4 is 20.1 Å². The molecule has 7 nitrogen and oxygen atoms in total. The number of nitrogens with zero attached hydrogens (tertiary/aromatic N) is 2. The largest absolute Gasteiger partial charge is 0.486 e. The van der Waals surface area contributed by atoms with Crippen molar-refractivity contribution in [1.29, 1.82) is 0 Å². The van der Waals surface area contributed by atoms with Gasteiger partial charge in [0.1, 0.15) is 12.7 Å². The number of H-pyrrole nitrogens is 1. The van der Waals surface area contributed by atoms with E-state index in [4.69, 9.17) is 9.47 Å². The number of rotatable bonds is 4. The smallest absolute Gasteiger partial charge is 0.191 e. The zero-order chi connectivity index (χ0) is 15.2. The first-order valence-electron chi connectivity index (χ1n) is 7.16. The summed E-state index contributed by atoms with van der Waals surface area (Å²) in [4.78, 5) is 4.18. The van der Waals surface area contributed by atoms with Crippen LogP contribution in [0.25, 0.3) is 0 Å². The highest BCUT2D eigenvalue weighted by atomic mass is 16.6. The van der Waals surface area contributed by atoms with E-state index in [0.717, 1.165) is 17.2 Å². The summed E-state index contributed by atoms with van der Waals surface area (Å²) >= 11 is 0. The second kappa shape index (κ2) is 6.84. The van der Waals surface area contributed by atoms with Crippen LogP contribution in [0.3, 0.4) is 0 Å². The molecule has 2 aromatic rings. The molecule has 3 N–H and O–H groups in total. The number of hydrogen-bond acceptors (Lipinski definition) is 4. The summed E-state index contributed by atoms with van der Waals surface area (Å²) in [6, 6.07) is 9.59. The van der Waals surface area contributed by atoms with Crippen LogP contribution in [0.15, 0.2) is 41.5 Å². The topological polar surface area (TPSA) is 83.6 Å². The molecule has 0 bridgehead atoms. The molecule has 1 aliphatic heterocycles. The summed E-state index contributed by atoms with van der Waals surface area (Å²) in [6.45, 7) is 1.75. The van der Waals surface area contributed by atoms with E-state index in [0.29, 0.717) is 25.7 Å². The quantitative estimate of drug-likeness (QED) is 0.577. The molecule has 0 spiro atoms. The Labute approximate surface area is 128 Å². The fourth-order valence-electron chi connectivity index (χ4n) is 2.16. The van der Waals surface area contributed by atoms with Crippen LogP contribution in [0, 0.1) is 0 Å². The summed E-state index contributed by atoms with van der Waals surface area (Å²) in [5.74, 6) is 2.28. The lowest BCUT2D eigenvalue weighted by Crippen LogP contribution is -2.45. The molecule has 1 unspecified atom stereocenters. The van der Waals surface area contributed by atoms with Gasteiger partial charge in [-0.25, -0.2) is 0 Å². The van der Waals surface area contributed by atoms with Crippen LogP contribution in [0.1, 0.15) is 5.69 Å². The Kier molecular flexibility index (Phi) is 4.43. The number of aromatic nitrogens is 2. The highest BCUT2D eigenvalue weighted by molar-refractivity contribution is 5.79. The van der Waals surface area contributed by atoms with Crippen LogP contribution >= 0.6 is 0 Å². The van der Waals surface area contributed by atoms with Crippen molar-refractivity contribution in [2.45, 2.75) is 12.6 Å². The van der Waals surface area contributed by atoms with Gasteiger partial charge in [-0.05, 0) is 18.2 Å². The fourth-order valence-corrected chi connectivity index (χ4v) is 2.16. The lowest BCUT2D eigenvalue weighted by Gasteiger charge is -2.27. The van der Waals surface area contributed by atoms with E-state index in [-0.39, 0.29) is 6.10 Å². The number of guanidine groups is 1. The van der Waals surface area contributed by atoms with Gasteiger partial charge in [0.15, 0.2) is 17.5 Å². The molecule has 0 amide bonds. The van der Waals surface area contributed by atoms with E-state index < -0.39 is 0 Å². The molecule has 0 radical (unpaired) electrons. The van der Waals surface area contributed by atoms with Gasteiger partial charge in [0.2, 0.25) is 0 Å². The molecule has 22 heavy (non-hydrogen) atoms. The first-order valence-corrected chi connectivity index (χ1v) is 7.16. The van der Waals surface area contributed by atoms with Gasteiger partial charge in [-0.3, -0.25) is 10.1 Å². The monoisotopic (exact) mass is 301 g/mol. The minimum Gasteiger partial charge on any atom is -0.486 e. The second-order valence-electron chi connectivity index (χ2n) is 4.89. The first-order chi connectivity index (χ1) is 10.8. The highest BCUT2D eigenvalue weighted by Crippen LogP contribution is 2.30. The molecule has 0 aliphatic carbocycles. The minimum absolute atomic E-state index is 0.0550. The lowest BCUT2D eigenvalue weighted by atomic mass is 10.2. The summed E-state index contributed by atoms with van der Waals surface area (Å²) in [7, 11) is 1.73. The number of aromatic amines is 1. The number of aliphatic imine (C=N–C) groups is 1. The third kappa shape index (κ3) is 3.49. The first kappa shape index (κ1) is 14.2. The number of nitrogens with one attached hydrogen (secondary N) is 3. The molecule has 0 saturated carbocycles. The van der Waals surface area contributed by atoms with E-state index in [1.54, 1.807) is 13.2 Å². The highest BCUT2D eigenvalue weighted by Gasteiger charge is 2.20. The number of para-hydroxylation sites is 2. The summed E-state index contributed by atoms with van der Waals surface area (Å²) in [5.41, 5.74) is 0.995. The molecule has 1 aromatic carbocycles. The number of ether oxygens (including phenoxy) is 2. The van der Waals surface area contributed by atoms with E-state index in [9.17, 15) is 0 Å². The van der Waals surface area contributed by atoms with Crippen molar-refractivity contribution in [1.82, 2.24) is 20.8 Å². The molecule has 1 aliphatic rings. The third-order valence-electron chi connectivity index (χ3n) is 3.29. The Morgan fingerprint density at radius 3 is 2.95 bits per heavy atom. The van der Waals surface area contributed by atoms with Gasteiger partial charge in [0.25, 0.3) is 0 Å². The van der Waals surface area contributed by atoms with Gasteiger partial charge in [-0.2, -0.15) is 5.10 Å². The molecule has 0 fully saturated rings. The Balaban J connectivity index is 1.47. The number of hydrogen-bond donors (Lipinski definition) is 3. The van der Waals surface area contributed by atoms with Crippen molar-refractivity contribution in [3.05, 3.63) is 42.2 Å². The van der Waals surface area contributed by atoms with E-state index in [1.165, 1.54) is 0 Å². The number of benzene rings is 1. The maximum absolute atomic E-state index is 5.89. The summed E-state index contributed by atoms with van der Waals surface area (Å²) in [6.07, 6.45) is 1.67. The van der Waals surface area contributed by atoms with Gasteiger partial charge in [0.05, 0.1) is 18.8 Å². The fraction of sp³-hybridized carbons (Fsp3) is 0.333. The molecular weight excluding hydrogens is 282 g/mol. The molecule has 0 saturated heterocycles. The number of fused-ring (bicyclic) bond motifs is 1. The van der Waals surface area contributed by atoms with Crippen LogP contribution in [0.2, 0.25) is 0 Å². The van der Waals surface area contributed by atoms with Gasteiger partial charge in [-0.15, -0.1) is 0 Å². The Bertz CT molecular complexity index is 627. The van der Waals surface area contributed by atoms with Crippen molar-refractivity contribution < 1.29 is 9.47 Å². The summed E-state index contributed by atoms with van der Waals surface area (Å²) < 4.78 is 11.6. The molecule has 116 valence electrons. The zero-order valence-electron chi connectivity index (χ0n) is 12.4. The predicted octanol–water partition coefficient (Wildman–Crippen LogP) is 0.915. The van der Waals surface area contributed by atoms with Crippen molar-refractivity contribution >= 4 is 5.96 Å². The molecular formula is C15H19N5O2. The SMILES string of the molecule is CN=C(NCc1ccn[nH]1)NCC1COc2ccccc2O1. The second-order valence-corrected chi connectivity index (χ2v) is 4.89. The molecule has 1 atom stereocenters. The summed E-state index contributed by atoms with van der Waals surface area (Å²) in [5, 5.41) is 13.2. The van der Waals surface area contributed by atoms with Gasteiger partial charge >= 0.3 is 0 Å². The Hall–Kier alpha value is -2.70. The molecule has 7 heteroatoms. The van der Waals surface area contributed by atoms with Crippen molar-refractivity contribution in [2.75, 3.05) is 20.2 Å². The van der Waals surface area contributed by atoms with Crippen molar-refractivity contribution in [2.24, 2.45) is 4.99 Å². The predicted molar refractivity (Wildman–Crippen MR) is 83.1 cm³/mol. The van der Waals surface area contributed by atoms with E-state index >= 15 is 0 Å². The average Bonchev–Trinajstić information content (AvgIpc) is 3.08. The molecule has 2 heterocycles. The van der Waals surface area contributed by atoms with E-state index in [1.807, 2.05) is 30.3 Å². The standard InChI is InChI=1S/C15H19N5O2/c1-16-15(17-8-11-6-7-19-20-11)18-9-12-10-21-13-4-2-3-5-14(13)22-12/h2-7,12H,8-10H2,1H3,(H,19,20)(H2,16,17,18). The van der Waals surface area contributed by atoms with Crippen LogP contribution in [-0.2, 0) is 6.54 Å². The van der Waals surface area contributed by atoms with Gasteiger partial charge in [-0.1, -0.05) is 12.1 Å². The molecule has 3 rings (SSSR count). The lowest BCUT2D eigenvalue weighted by molar-refractivity contribution is 0.0936. The van der Waals surface area contributed by atoms with Crippen molar-refractivity contribution in [3.63, 3.8) is 0 Å². The van der Waals surface area contributed by atoms with Crippen LogP contribution in [0.5, 0.6) is 11.5 Å². The Morgan fingerprint density at radius 1 is 1.32 bits per heavy atom. The normalized spacial score (nSPS) is 17.1. The maximum Gasteiger partial charge on any atom is 0.191 e. The van der Waals surface area contributed by atoms with E-state index in [2.05, 4.69) is 25.8 Å². The van der Waals surface area contributed by atoms with Gasteiger partial charge in [0, 0.05) is 13.2 Å². The van der Waals surface area contributed by atoms with Crippen LogP contribution in [-0.4, -0.2) is 42.5 Å². The molecule has 1 aromatic heterocycles. The van der Waals surface area contributed by atoms with Crippen molar-refractivity contribution in [3.8, 4) is 11.5 Å². The zero-order valence-corrected chi connectivity index (χ0v) is 12.4. The van der Waals surface area contributed by atoms with Crippen LogP contribution in [0.4, 0.5) is 0 Å². The Morgan fingerprint density at radius 2 is 2.18 bits per heavy atom. The van der Waals surface area contributed by atoms with Gasteiger partial charge < -0.3 is 20.1 Å².